The second-order valence-electron chi connectivity index (χ2n) is 5.13. The zero-order valence-electron chi connectivity index (χ0n) is 13.7. The quantitative estimate of drug-likeness (QED) is 0.677. The molecule has 0 atom stereocenters. The lowest BCUT2D eigenvalue weighted by Crippen LogP contribution is -2.28. The van der Waals surface area contributed by atoms with E-state index >= 15 is 0 Å². The molecule has 1 aromatic carbocycles. The van der Waals surface area contributed by atoms with Crippen LogP contribution in [-0.2, 0) is 11.3 Å². The van der Waals surface area contributed by atoms with E-state index in [0.717, 1.165) is 5.75 Å². The third-order valence-electron chi connectivity index (χ3n) is 3.29. The van der Waals surface area contributed by atoms with Crippen molar-refractivity contribution in [2.45, 2.75) is 13.5 Å². The molecule has 0 aliphatic rings. The van der Waals surface area contributed by atoms with Gasteiger partial charge < -0.3 is 23.7 Å². The Balaban J connectivity index is 1.43. The van der Waals surface area contributed by atoms with Crippen LogP contribution < -0.4 is 14.8 Å². The van der Waals surface area contributed by atoms with E-state index in [1.165, 1.54) is 0 Å². The fourth-order valence-corrected chi connectivity index (χ4v) is 2.12. The Hall–Kier alpha value is -3.22. The van der Waals surface area contributed by atoms with Crippen molar-refractivity contribution in [2.75, 3.05) is 13.2 Å². The van der Waals surface area contributed by atoms with Crippen LogP contribution in [0.1, 0.15) is 12.6 Å². The van der Waals surface area contributed by atoms with Crippen LogP contribution in [0.3, 0.4) is 0 Å². The summed E-state index contributed by atoms with van der Waals surface area (Å²) in [4.78, 5) is 11.9. The van der Waals surface area contributed by atoms with Gasteiger partial charge in [-0.25, -0.2) is 0 Å². The van der Waals surface area contributed by atoms with Crippen molar-refractivity contribution in [1.82, 2.24) is 10.5 Å². The number of nitrogens with one attached hydrogen (secondary N) is 1. The number of rotatable bonds is 8. The SMILES string of the molecule is CCOc1ccc(OCC(=O)NCc2cc(-c3ccco3)on2)cc1. The van der Waals surface area contributed by atoms with Gasteiger partial charge >= 0.3 is 0 Å². The van der Waals surface area contributed by atoms with Crippen molar-refractivity contribution in [1.29, 1.82) is 0 Å². The van der Waals surface area contributed by atoms with E-state index in [2.05, 4.69) is 10.5 Å². The second-order valence-corrected chi connectivity index (χ2v) is 5.13. The fourth-order valence-electron chi connectivity index (χ4n) is 2.12. The predicted molar refractivity (Wildman–Crippen MR) is 89.2 cm³/mol. The highest BCUT2D eigenvalue weighted by atomic mass is 16.5. The topological polar surface area (TPSA) is 86.7 Å². The van der Waals surface area contributed by atoms with Gasteiger partial charge in [0.1, 0.15) is 17.2 Å². The summed E-state index contributed by atoms with van der Waals surface area (Å²) in [6.07, 6.45) is 1.55. The first-order valence-corrected chi connectivity index (χ1v) is 7.86. The van der Waals surface area contributed by atoms with Crippen molar-refractivity contribution < 1.29 is 23.2 Å². The fraction of sp³-hybridized carbons (Fsp3) is 0.222. The van der Waals surface area contributed by atoms with E-state index in [1.54, 1.807) is 48.7 Å². The minimum absolute atomic E-state index is 0.0864. The van der Waals surface area contributed by atoms with E-state index in [4.69, 9.17) is 18.4 Å². The van der Waals surface area contributed by atoms with Crippen LogP contribution in [0.2, 0.25) is 0 Å². The van der Waals surface area contributed by atoms with E-state index in [0.29, 0.717) is 29.6 Å². The number of aromatic nitrogens is 1. The van der Waals surface area contributed by atoms with Crippen molar-refractivity contribution in [3.8, 4) is 23.0 Å². The second kappa shape index (κ2) is 8.05. The number of carbonyl (C=O) groups is 1. The molecule has 2 heterocycles. The summed E-state index contributed by atoms with van der Waals surface area (Å²) in [5, 5.41) is 6.60. The summed E-state index contributed by atoms with van der Waals surface area (Å²) >= 11 is 0. The summed E-state index contributed by atoms with van der Waals surface area (Å²) in [7, 11) is 0. The lowest BCUT2D eigenvalue weighted by Gasteiger charge is -2.07. The first-order valence-electron chi connectivity index (χ1n) is 7.86. The molecule has 25 heavy (non-hydrogen) atoms. The van der Waals surface area contributed by atoms with Crippen LogP contribution in [0.5, 0.6) is 11.5 Å². The molecule has 1 amide bonds. The lowest BCUT2D eigenvalue weighted by molar-refractivity contribution is -0.123. The first-order chi connectivity index (χ1) is 12.2. The van der Waals surface area contributed by atoms with Gasteiger partial charge in [0.25, 0.3) is 5.91 Å². The number of hydrogen-bond acceptors (Lipinski definition) is 6. The molecular formula is C18H18N2O5. The van der Waals surface area contributed by atoms with Gasteiger partial charge in [0.15, 0.2) is 12.4 Å². The van der Waals surface area contributed by atoms with E-state index in [9.17, 15) is 4.79 Å². The van der Waals surface area contributed by atoms with Crippen LogP contribution in [0.15, 0.2) is 57.7 Å². The molecule has 3 aromatic rings. The van der Waals surface area contributed by atoms with Crippen molar-refractivity contribution in [3.63, 3.8) is 0 Å². The third kappa shape index (κ3) is 4.63. The molecule has 1 N–H and O–H groups in total. The summed E-state index contributed by atoms with van der Waals surface area (Å²) in [5.41, 5.74) is 0.598. The molecule has 0 unspecified atom stereocenters. The maximum Gasteiger partial charge on any atom is 0.258 e. The Labute approximate surface area is 144 Å². The Kier molecular flexibility index (Phi) is 5.36. The molecule has 0 aliphatic heterocycles. The monoisotopic (exact) mass is 342 g/mol. The summed E-state index contributed by atoms with van der Waals surface area (Å²) in [6, 6.07) is 12.3. The number of hydrogen-bond donors (Lipinski definition) is 1. The lowest BCUT2D eigenvalue weighted by atomic mass is 10.3. The molecule has 0 saturated carbocycles. The van der Waals surface area contributed by atoms with Gasteiger partial charge in [0, 0.05) is 6.07 Å². The van der Waals surface area contributed by atoms with Gasteiger partial charge in [0.05, 0.1) is 19.4 Å². The first kappa shape index (κ1) is 16.6. The Morgan fingerprint density at radius 3 is 2.56 bits per heavy atom. The van der Waals surface area contributed by atoms with Crippen molar-refractivity contribution in [3.05, 3.63) is 54.4 Å². The largest absolute Gasteiger partial charge is 0.494 e. The van der Waals surface area contributed by atoms with Gasteiger partial charge in [-0.3, -0.25) is 4.79 Å². The molecule has 2 aromatic heterocycles. The molecule has 0 saturated heterocycles. The molecule has 130 valence electrons. The average Bonchev–Trinajstić information content (AvgIpc) is 3.31. The molecule has 7 heteroatoms. The summed E-state index contributed by atoms with van der Waals surface area (Å²) in [6.45, 7) is 2.68. The summed E-state index contributed by atoms with van der Waals surface area (Å²) < 4.78 is 21.2. The Morgan fingerprint density at radius 2 is 1.88 bits per heavy atom. The summed E-state index contributed by atoms with van der Waals surface area (Å²) in [5.74, 6) is 2.21. The Bertz CT molecular complexity index is 793. The van der Waals surface area contributed by atoms with Gasteiger partial charge in [-0.05, 0) is 43.3 Å². The number of nitrogens with zero attached hydrogens (tertiary/aromatic N) is 1. The molecule has 0 radical (unpaired) electrons. The highest BCUT2D eigenvalue weighted by Crippen LogP contribution is 2.20. The highest BCUT2D eigenvalue weighted by Gasteiger charge is 2.10. The van der Waals surface area contributed by atoms with Crippen LogP contribution in [0.25, 0.3) is 11.5 Å². The van der Waals surface area contributed by atoms with Crippen LogP contribution in [0.4, 0.5) is 0 Å². The average molecular weight is 342 g/mol. The molecule has 0 aliphatic carbocycles. The molecule has 0 bridgehead atoms. The van der Waals surface area contributed by atoms with E-state index in [-0.39, 0.29) is 19.1 Å². The standard InChI is InChI=1S/C18H18N2O5/c1-2-22-14-5-7-15(8-6-14)24-12-18(21)19-11-13-10-17(25-20-13)16-4-3-9-23-16/h3-10H,2,11-12H2,1H3,(H,19,21). The third-order valence-corrected chi connectivity index (χ3v) is 3.29. The normalized spacial score (nSPS) is 10.4. The molecule has 7 nitrogen and oxygen atoms in total. The number of ether oxygens (including phenoxy) is 2. The van der Waals surface area contributed by atoms with Crippen LogP contribution in [0, 0.1) is 0 Å². The van der Waals surface area contributed by atoms with Crippen LogP contribution in [-0.4, -0.2) is 24.3 Å². The minimum Gasteiger partial charge on any atom is -0.494 e. The van der Waals surface area contributed by atoms with Crippen LogP contribution >= 0.6 is 0 Å². The highest BCUT2D eigenvalue weighted by molar-refractivity contribution is 5.77. The van der Waals surface area contributed by atoms with Crippen molar-refractivity contribution in [2.24, 2.45) is 0 Å². The number of carbonyl (C=O) groups excluding carboxylic acids is 1. The van der Waals surface area contributed by atoms with E-state index < -0.39 is 0 Å². The van der Waals surface area contributed by atoms with Gasteiger partial charge in [-0.1, -0.05) is 5.16 Å². The zero-order valence-corrected chi connectivity index (χ0v) is 13.7. The maximum atomic E-state index is 11.9. The number of benzene rings is 1. The molecule has 0 fully saturated rings. The number of furan rings is 1. The smallest absolute Gasteiger partial charge is 0.258 e. The van der Waals surface area contributed by atoms with Gasteiger partial charge in [-0.2, -0.15) is 0 Å². The minimum atomic E-state index is -0.253. The zero-order chi connectivity index (χ0) is 17.5. The number of amides is 1. The molecule has 3 rings (SSSR count). The molecular weight excluding hydrogens is 324 g/mol. The predicted octanol–water partition coefficient (Wildman–Crippen LogP) is 3.03. The Morgan fingerprint density at radius 1 is 1.12 bits per heavy atom. The molecule has 0 spiro atoms. The van der Waals surface area contributed by atoms with Gasteiger partial charge in [0.2, 0.25) is 5.76 Å². The maximum absolute atomic E-state index is 11.9. The van der Waals surface area contributed by atoms with E-state index in [1.807, 2.05) is 6.92 Å². The van der Waals surface area contributed by atoms with Crippen molar-refractivity contribution >= 4 is 5.91 Å². The van der Waals surface area contributed by atoms with Gasteiger partial charge in [-0.15, -0.1) is 0 Å².